The van der Waals surface area contributed by atoms with Crippen LogP contribution >= 0.6 is 0 Å². The largest absolute Gasteiger partial charge is 0.331 e. The molecule has 1 aliphatic rings. The van der Waals surface area contributed by atoms with Crippen LogP contribution in [0.4, 0.5) is 0 Å². The Morgan fingerprint density at radius 3 is 2.91 bits per heavy atom. The third kappa shape index (κ3) is 2.63. The summed E-state index contributed by atoms with van der Waals surface area (Å²) in [6.45, 7) is 5.57. The summed E-state index contributed by atoms with van der Waals surface area (Å²) in [6, 6.07) is 8.39. The minimum atomic E-state index is 0.710. The Hall–Kier alpha value is -2.20. The zero-order chi connectivity index (χ0) is 15.8. The van der Waals surface area contributed by atoms with Crippen molar-refractivity contribution in [2.24, 2.45) is 5.92 Å². The van der Waals surface area contributed by atoms with E-state index >= 15 is 0 Å². The van der Waals surface area contributed by atoms with Gasteiger partial charge in [-0.2, -0.15) is 0 Å². The molecule has 0 aliphatic carbocycles. The molecule has 23 heavy (non-hydrogen) atoms. The molecule has 0 unspecified atom stereocenters. The molecule has 4 nitrogen and oxygen atoms in total. The van der Waals surface area contributed by atoms with E-state index in [1.54, 1.807) is 0 Å². The Balaban J connectivity index is 1.77. The van der Waals surface area contributed by atoms with Crippen molar-refractivity contribution in [3.8, 4) is 11.4 Å². The molecule has 0 amide bonds. The van der Waals surface area contributed by atoms with Gasteiger partial charge >= 0.3 is 0 Å². The van der Waals surface area contributed by atoms with Crippen LogP contribution in [0.2, 0.25) is 0 Å². The number of aromatic nitrogens is 3. The Morgan fingerprint density at radius 2 is 2.09 bits per heavy atom. The van der Waals surface area contributed by atoms with Crippen LogP contribution in [0, 0.1) is 12.8 Å². The minimum absolute atomic E-state index is 0.710. The standard InChI is InChI=1S/C19H22N4/c1-14-5-6-17-16(4-3-8-20-17)18(14)19-21-9-11-23(19)13-15-7-10-22(2)12-15/h3-6,8-9,11,15H,7,10,12-13H2,1-2H3/t15-/m0/s1. The second-order valence-electron chi connectivity index (χ2n) is 6.65. The Bertz CT molecular complexity index is 836. The van der Waals surface area contributed by atoms with E-state index in [2.05, 4.69) is 57.8 Å². The van der Waals surface area contributed by atoms with Crippen LogP contribution in [0.3, 0.4) is 0 Å². The van der Waals surface area contributed by atoms with Gasteiger partial charge in [0.15, 0.2) is 0 Å². The third-order valence-corrected chi connectivity index (χ3v) is 4.88. The molecule has 1 fully saturated rings. The highest BCUT2D eigenvalue weighted by molar-refractivity contribution is 5.94. The fraction of sp³-hybridized carbons (Fsp3) is 0.368. The number of hydrogen-bond acceptors (Lipinski definition) is 3. The molecule has 0 N–H and O–H groups in total. The molecular formula is C19H22N4. The molecule has 1 saturated heterocycles. The van der Waals surface area contributed by atoms with Gasteiger partial charge in [-0.05, 0) is 50.6 Å². The van der Waals surface area contributed by atoms with Gasteiger partial charge in [-0.1, -0.05) is 12.1 Å². The first-order chi connectivity index (χ1) is 11.2. The molecule has 0 bridgehead atoms. The Morgan fingerprint density at radius 1 is 1.17 bits per heavy atom. The number of imidazole rings is 1. The van der Waals surface area contributed by atoms with E-state index in [0.717, 1.165) is 17.9 Å². The van der Waals surface area contributed by atoms with E-state index in [1.165, 1.54) is 36.0 Å². The van der Waals surface area contributed by atoms with Crippen molar-refractivity contribution < 1.29 is 0 Å². The average Bonchev–Trinajstić information content (AvgIpc) is 3.17. The van der Waals surface area contributed by atoms with E-state index in [1.807, 2.05) is 18.5 Å². The average molecular weight is 306 g/mol. The van der Waals surface area contributed by atoms with Gasteiger partial charge in [0.1, 0.15) is 5.82 Å². The van der Waals surface area contributed by atoms with Crippen LogP contribution in [-0.2, 0) is 6.54 Å². The van der Waals surface area contributed by atoms with Crippen molar-refractivity contribution in [3.05, 3.63) is 48.4 Å². The van der Waals surface area contributed by atoms with E-state index in [0.29, 0.717) is 5.92 Å². The smallest absolute Gasteiger partial charge is 0.140 e. The second-order valence-corrected chi connectivity index (χ2v) is 6.65. The van der Waals surface area contributed by atoms with Crippen LogP contribution in [0.5, 0.6) is 0 Å². The first-order valence-corrected chi connectivity index (χ1v) is 8.27. The SMILES string of the molecule is Cc1ccc2ncccc2c1-c1nccn1C[C@H]1CCN(C)C1. The Labute approximate surface area is 136 Å². The molecule has 3 aromatic rings. The van der Waals surface area contributed by atoms with Crippen LogP contribution in [0.25, 0.3) is 22.3 Å². The number of benzene rings is 1. The number of fused-ring (bicyclic) bond motifs is 1. The fourth-order valence-electron chi connectivity index (χ4n) is 3.70. The highest BCUT2D eigenvalue weighted by Gasteiger charge is 2.21. The summed E-state index contributed by atoms with van der Waals surface area (Å²) in [5, 5.41) is 1.18. The maximum atomic E-state index is 4.68. The second kappa shape index (κ2) is 5.78. The lowest BCUT2D eigenvalue weighted by molar-refractivity contribution is 0.378. The van der Waals surface area contributed by atoms with E-state index in [9.17, 15) is 0 Å². The summed E-state index contributed by atoms with van der Waals surface area (Å²) in [6.07, 6.45) is 7.15. The molecule has 0 saturated carbocycles. The van der Waals surface area contributed by atoms with Crippen molar-refractivity contribution in [2.75, 3.05) is 20.1 Å². The van der Waals surface area contributed by atoms with Gasteiger partial charge in [-0.15, -0.1) is 0 Å². The van der Waals surface area contributed by atoms with Crippen molar-refractivity contribution >= 4 is 10.9 Å². The lowest BCUT2D eigenvalue weighted by atomic mass is 10.0. The third-order valence-electron chi connectivity index (χ3n) is 4.88. The number of rotatable bonds is 3. The minimum Gasteiger partial charge on any atom is -0.331 e. The fourth-order valence-corrected chi connectivity index (χ4v) is 3.70. The summed E-state index contributed by atoms with van der Waals surface area (Å²) >= 11 is 0. The molecule has 4 rings (SSSR count). The van der Waals surface area contributed by atoms with Gasteiger partial charge in [0.05, 0.1) is 5.52 Å². The molecule has 1 aromatic carbocycles. The molecule has 0 spiro atoms. The first-order valence-electron chi connectivity index (χ1n) is 8.27. The summed E-state index contributed by atoms with van der Waals surface area (Å²) in [7, 11) is 2.20. The van der Waals surface area contributed by atoms with Crippen LogP contribution in [0.1, 0.15) is 12.0 Å². The molecule has 1 atom stereocenters. The van der Waals surface area contributed by atoms with Gasteiger partial charge in [0.25, 0.3) is 0 Å². The lowest BCUT2D eigenvalue weighted by Gasteiger charge is -2.16. The van der Waals surface area contributed by atoms with Gasteiger partial charge < -0.3 is 9.47 Å². The molecule has 3 heterocycles. The molecule has 2 aromatic heterocycles. The van der Waals surface area contributed by atoms with E-state index < -0.39 is 0 Å². The highest BCUT2D eigenvalue weighted by Crippen LogP contribution is 2.31. The molecule has 0 radical (unpaired) electrons. The number of likely N-dealkylation sites (tertiary alicyclic amines) is 1. The highest BCUT2D eigenvalue weighted by atomic mass is 15.1. The quantitative estimate of drug-likeness (QED) is 0.744. The van der Waals surface area contributed by atoms with Gasteiger partial charge in [0.2, 0.25) is 0 Å². The Kier molecular flexibility index (Phi) is 3.62. The number of aryl methyl sites for hydroxylation is 1. The molecular weight excluding hydrogens is 284 g/mol. The van der Waals surface area contributed by atoms with Gasteiger partial charge in [-0.3, -0.25) is 4.98 Å². The van der Waals surface area contributed by atoms with Crippen LogP contribution in [0.15, 0.2) is 42.9 Å². The van der Waals surface area contributed by atoms with Gasteiger partial charge in [0, 0.05) is 42.6 Å². The maximum absolute atomic E-state index is 4.68. The van der Waals surface area contributed by atoms with E-state index in [-0.39, 0.29) is 0 Å². The predicted molar refractivity (Wildman–Crippen MR) is 93.3 cm³/mol. The topological polar surface area (TPSA) is 34.0 Å². The number of pyridine rings is 1. The van der Waals surface area contributed by atoms with Crippen molar-refractivity contribution in [1.29, 1.82) is 0 Å². The zero-order valence-corrected chi connectivity index (χ0v) is 13.7. The molecule has 4 heteroatoms. The van der Waals surface area contributed by atoms with Crippen molar-refractivity contribution in [2.45, 2.75) is 19.9 Å². The zero-order valence-electron chi connectivity index (χ0n) is 13.7. The maximum Gasteiger partial charge on any atom is 0.140 e. The van der Waals surface area contributed by atoms with E-state index in [4.69, 9.17) is 0 Å². The summed E-state index contributed by atoms with van der Waals surface area (Å²) < 4.78 is 2.32. The number of nitrogens with zero attached hydrogens (tertiary/aromatic N) is 4. The summed E-state index contributed by atoms with van der Waals surface area (Å²) in [5.74, 6) is 1.78. The number of hydrogen-bond donors (Lipinski definition) is 0. The van der Waals surface area contributed by atoms with Crippen molar-refractivity contribution in [3.63, 3.8) is 0 Å². The first kappa shape index (κ1) is 14.4. The predicted octanol–water partition coefficient (Wildman–Crippen LogP) is 3.36. The normalized spacial score (nSPS) is 18.8. The monoisotopic (exact) mass is 306 g/mol. The van der Waals surface area contributed by atoms with Crippen LogP contribution < -0.4 is 0 Å². The molecule has 118 valence electrons. The van der Waals surface area contributed by atoms with Gasteiger partial charge in [-0.25, -0.2) is 4.98 Å². The summed E-state index contributed by atoms with van der Waals surface area (Å²) in [5.41, 5.74) is 3.50. The van der Waals surface area contributed by atoms with Crippen LogP contribution in [-0.4, -0.2) is 39.6 Å². The molecule has 1 aliphatic heterocycles. The lowest BCUT2D eigenvalue weighted by Crippen LogP contribution is -2.17. The van der Waals surface area contributed by atoms with Crippen molar-refractivity contribution in [1.82, 2.24) is 19.4 Å². The summed E-state index contributed by atoms with van der Waals surface area (Å²) in [4.78, 5) is 11.6.